The largest absolute Gasteiger partial charge is 0.480 e. The second-order valence-corrected chi connectivity index (χ2v) is 4.05. The minimum atomic E-state index is -1.12. The van der Waals surface area contributed by atoms with Crippen LogP contribution in [-0.4, -0.2) is 42.6 Å². The number of aromatic amines is 1. The number of hydrogen-bond donors (Lipinski definition) is 3. The van der Waals surface area contributed by atoms with Crippen molar-refractivity contribution >= 4 is 23.4 Å². The van der Waals surface area contributed by atoms with Gasteiger partial charge in [0.25, 0.3) is 5.91 Å². The van der Waals surface area contributed by atoms with E-state index in [4.69, 9.17) is 5.11 Å². The van der Waals surface area contributed by atoms with E-state index in [1.54, 1.807) is 0 Å². The van der Waals surface area contributed by atoms with Crippen LogP contribution in [0.15, 0.2) is 17.9 Å². The second kappa shape index (κ2) is 5.36. The van der Waals surface area contributed by atoms with Crippen LogP contribution in [0.25, 0.3) is 0 Å². The molecule has 0 aliphatic carbocycles. The van der Waals surface area contributed by atoms with Crippen molar-refractivity contribution in [2.24, 2.45) is 0 Å². The van der Waals surface area contributed by atoms with E-state index in [1.807, 2.05) is 0 Å². The number of nitrogens with zero attached hydrogens (tertiary/aromatic N) is 3. The van der Waals surface area contributed by atoms with Gasteiger partial charge in [-0.2, -0.15) is 0 Å². The Labute approximate surface area is 105 Å². The molecule has 0 radical (unpaired) electrons. The third kappa shape index (κ3) is 2.88. The number of amides is 1. The standard InChI is InChI=1S/C9H9N5O3S/c15-8(7-3-18-14-13-7)12-6(9(16)17)1-5-2-10-4-11-5/h2-4,6H,1H2,(H,10,11)(H,12,15)(H,16,17). The Balaban J connectivity index is 2.03. The highest BCUT2D eigenvalue weighted by Crippen LogP contribution is 2.02. The van der Waals surface area contributed by atoms with Gasteiger partial charge in [0.1, 0.15) is 6.04 Å². The lowest BCUT2D eigenvalue weighted by Crippen LogP contribution is -2.42. The number of H-pyrrole nitrogens is 1. The molecule has 18 heavy (non-hydrogen) atoms. The highest BCUT2D eigenvalue weighted by atomic mass is 32.1. The summed E-state index contributed by atoms with van der Waals surface area (Å²) < 4.78 is 3.54. The van der Waals surface area contributed by atoms with Crippen molar-refractivity contribution in [1.82, 2.24) is 24.9 Å². The van der Waals surface area contributed by atoms with Gasteiger partial charge in [-0.25, -0.2) is 9.78 Å². The number of hydrogen-bond acceptors (Lipinski definition) is 6. The average molecular weight is 267 g/mol. The molecule has 0 bridgehead atoms. The van der Waals surface area contributed by atoms with Crippen molar-refractivity contribution < 1.29 is 14.7 Å². The van der Waals surface area contributed by atoms with Gasteiger partial charge in [-0.05, 0) is 11.5 Å². The van der Waals surface area contributed by atoms with Crippen molar-refractivity contribution in [3.05, 3.63) is 29.3 Å². The highest BCUT2D eigenvalue weighted by molar-refractivity contribution is 7.03. The molecular formula is C9H9N5O3S. The fraction of sp³-hybridized carbons (Fsp3) is 0.222. The molecule has 0 spiro atoms. The number of nitrogens with one attached hydrogen (secondary N) is 2. The summed E-state index contributed by atoms with van der Waals surface area (Å²) in [5, 5.41) is 16.4. The molecule has 94 valence electrons. The number of carboxylic acids is 1. The molecule has 8 nitrogen and oxygen atoms in total. The van der Waals surface area contributed by atoms with E-state index >= 15 is 0 Å². The van der Waals surface area contributed by atoms with Crippen molar-refractivity contribution in [2.75, 3.05) is 0 Å². The molecule has 2 aromatic rings. The number of imidazole rings is 1. The molecule has 0 aliphatic rings. The normalized spacial score (nSPS) is 12.0. The SMILES string of the molecule is O=C(NC(Cc1cnc[nH]1)C(=O)O)c1csnn1. The lowest BCUT2D eigenvalue weighted by Gasteiger charge is -2.12. The summed E-state index contributed by atoms with van der Waals surface area (Å²) in [6.07, 6.45) is 3.07. The summed E-state index contributed by atoms with van der Waals surface area (Å²) in [6, 6.07) is -1.04. The number of rotatable bonds is 5. The topological polar surface area (TPSA) is 121 Å². The van der Waals surface area contributed by atoms with Gasteiger partial charge in [0.05, 0.1) is 6.33 Å². The van der Waals surface area contributed by atoms with E-state index in [9.17, 15) is 9.59 Å². The molecule has 2 rings (SSSR count). The zero-order valence-corrected chi connectivity index (χ0v) is 9.85. The maximum Gasteiger partial charge on any atom is 0.326 e. The number of aliphatic carboxylic acids is 1. The van der Waals surface area contributed by atoms with Crippen molar-refractivity contribution in [2.45, 2.75) is 12.5 Å². The van der Waals surface area contributed by atoms with E-state index in [1.165, 1.54) is 17.9 Å². The molecule has 0 fully saturated rings. The Hall–Kier alpha value is -2.29. The Kier molecular flexibility index (Phi) is 3.63. The number of carbonyl (C=O) groups excluding carboxylic acids is 1. The summed E-state index contributed by atoms with van der Waals surface area (Å²) in [6.45, 7) is 0. The maximum absolute atomic E-state index is 11.7. The summed E-state index contributed by atoms with van der Waals surface area (Å²) in [5.74, 6) is -1.68. The van der Waals surface area contributed by atoms with Crippen molar-refractivity contribution in [3.8, 4) is 0 Å². The first-order chi connectivity index (χ1) is 8.66. The van der Waals surface area contributed by atoms with Gasteiger partial charge in [-0.1, -0.05) is 4.49 Å². The van der Waals surface area contributed by atoms with Gasteiger partial charge in [0, 0.05) is 23.7 Å². The molecule has 0 saturated heterocycles. The smallest absolute Gasteiger partial charge is 0.326 e. The summed E-state index contributed by atoms with van der Waals surface area (Å²) >= 11 is 1.02. The van der Waals surface area contributed by atoms with E-state index < -0.39 is 17.9 Å². The van der Waals surface area contributed by atoms with Gasteiger partial charge >= 0.3 is 5.97 Å². The molecule has 0 saturated carbocycles. The van der Waals surface area contributed by atoms with Crippen LogP contribution < -0.4 is 5.32 Å². The van der Waals surface area contributed by atoms with Gasteiger partial charge in [-0.3, -0.25) is 4.79 Å². The molecular weight excluding hydrogens is 258 g/mol. The molecule has 0 aliphatic heterocycles. The third-order valence-corrected chi connectivity index (χ3v) is 2.68. The zero-order valence-electron chi connectivity index (χ0n) is 9.03. The number of carbonyl (C=O) groups is 2. The lowest BCUT2D eigenvalue weighted by atomic mass is 10.1. The molecule has 2 heterocycles. The summed E-state index contributed by atoms with van der Waals surface area (Å²) in [5.41, 5.74) is 0.731. The first-order valence-corrected chi connectivity index (χ1v) is 5.78. The Morgan fingerprint density at radius 2 is 2.39 bits per heavy atom. The maximum atomic E-state index is 11.7. The Morgan fingerprint density at radius 3 is 2.94 bits per heavy atom. The molecule has 1 unspecified atom stereocenters. The summed E-state index contributed by atoms with van der Waals surface area (Å²) in [7, 11) is 0. The first kappa shape index (κ1) is 12.2. The van der Waals surface area contributed by atoms with Crippen LogP contribution in [0.5, 0.6) is 0 Å². The predicted molar refractivity (Wildman–Crippen MR) is 61.1 cm³/mol. The Morgan fingerprint density at radius 1 is 1.56 bits per heavy atom. The monoisotopic (exact) mass is 267 g/mol. The minimum absolute atomic E-state index is 0.107. The molecule has 1 atom stereocenters. The molecule has 2 aromatic heterocycles. The van der Waals surface area contributed by atoms with Crippen LogP contribution in [0, 0.1) is 0 Å². The zero-order chi connectivity index (χ0) is 13.0. The van der Waals surface area contributed by atoms with E-state index in [-0.39, 0.29) is 12.1 Å². The molecule has 9 heteroatoms. The van der Waals surface area contributed by atoms with E-state index in [0.29, 0.717) is 5.69 Å². The van der Waals surface area contributed by atoms with Crippen molar-refractivity contribution in [1.29, 1.82) is 0 Å². The second-order valence-electron chi connectivity index (χ2n) is 3.44. The fourth-order valence-electron chi connectivity index (χ4n) is 1.31. The predicted octanol–water partition coefficient (Wildman–Crippen LogP) is -0.313. The number of carboxylic acid groups (broad SMARTS) is 1. The minimum Gasteiger partial charge on any atom is -0.480 e. The van der Waals surface area contributed by atoms with Gasteiger partial charge in [0.2, 0.25) is 0 Å². The average Bonchev–Trinajstić information content (AvgIpc) is 3.00. The lowest BCUT2D eigenvalue weighted by molar-refractivity contribution is -0.139. The van der Waals surface area contributed by atoms with Crippen LogP contribution in [-0.2, 0) is 11.2 Å². The first-order valence-electron chi connectivity index (χ1n) is 4.95. The van der Waals surface area contributed by atoms with Gasteiger partial charge in [-0.15, -0.1) is 5.10 Å². The quantitative estimate of drug-likeness (QED) is 0.683. The van der Waals surface area contributed by atoms with E-state index in [0.717, 1.165) is 11.5 Å². The molecule has 1 amide bonds. The van der Waals surface area contributed by atoms with Crippen LogP contribution in [0.1, 0.15) is 16.2 Å². The van der Waals surface area contributed by atoms with Crippen LogP contribution in [0.3, 0.4) is 0 Å². The Bertz CT molecular complexity index is 524. The van der Waals surface area contributed by atoms with Crippen LogP contribution >= 0.6 is 11.5 Å². The van der Waals surface area contributed by atoms with Gasteiger partial charge < -0.3 is 15.4 Å². The number of aromatic nitrogens is 4. The van der Waals surface area contributed by atoms with Gasteiger partial charge in [0.15, 0.2) is 5.69 Å². The van der Waals surface area contributed by atoms with E-state index in [2.05, 4.69) is 24.9 Å². The fourth-order valence-corrected chi connectivity index (χ4v) is 1.75. The van der Waals surface area contributed by atoms with Crippen LogP contribution in [0.4, 0.5) is 0 Å². The summed E-state index contributed by atoms with van der Waals surface area (Å²) in [4.78, 5) is 29.3. The van der Waals surface area contributed by atoms with Crippen LogP contribution in [0.2, 0.25) is 0 Å². The molecule has 0 aromatic carbocycles. The molecule has 3 N–H and O–H groups in total. The third-order valence-electron chi connectivity index (χ3n) is 2.17. The van der Waals surface area contributed by atoms with Crippen molar-refractivity contribution in [3.63, 3.8) is 0 Å². The highest BCUT2D eigenvalue weighted by Gasteiger charge is 2.22.